The van der Waals surface area contributed by atoms with Gasteiger partial charge in [-0.05, 0) is 48.5 Å². The Kier molecular flexibility index (Phi) is 5.32. The molecule has 0 saturated heterocycles. The zero-order valence-electron chi connectivity index (χ0n) is 15.1. The van der Waals surface area contributed by atoms with Gasteiger partial charge in [0.2, 0.25) is 0 Å². The first-order valence-corrected chi connectivity index (χ1v) is 9.74. The molecule has 0 N–H and O–H groups in total. The molecule has 0 atom stereocenters. The molecule has 0 amide bonds. The van der Waals surface area contributed by atoms with Gasteiger partial charge in [0.05, 0.1) is 29.9 Å². The molecule has 2 aromatic carbocycles. The number of nitrogens with zero attached hydrogens (tertiary/aromatic N) is 2. The molecule has 3 rings (SSSR count). The molecule has 140 valence electrons. The number of methoxy groups -OCH3 is 1. The molecule has 3 aromatic rings. The maximum absolute atomic E-state index is 13.2. The third kappa shape index (κ3) is 3.88. The maximum atomic E-state index is 13.2. The molecule has 7 heteroatoms. The van der Waals surface area contributed by atoms with Crippen molar-refractivity contribution in [3.63, 3.8) is 0 Å². The van der Waals surface area contributed by atoms with Crippen LogP contribution in [-0.4, -0.2) is 32.4 Å². The number of rotatable bonds is 7. The zero-order chi connectivity index (χ0) is 19.4. The van der Waals surface area contributed by atoms with Gasteiger partial charge in [-0.25, -0.2) is 8.42 Å². The number of carbonyl (C=O) groups is 1. The quantitative estimate of drug-likeness (QED) is 0.587. The van der Waals surface area contributed by atoms with Gasteiger partial charge < -0.3 is 9.30 Å². The minimum Gasteiger partial charge on any atom is -0.497 e. The highest BCUT2D eigenvalue weighted by Gasteiger charge is 2.28. The van der Waals surface area contributed by atoms with Crippen molar-refractivity contribution in [3.05, 3.63) is 78.6 Å². The van der Waals surface area contributed by atoms with E-state index in [1.54, 1.807) is 72.4 Å². The molecular weight excluding hydrogens is 364 g/mol. The molecule has 27 heavy (non-hydrogen) atoms. The summed E-state index contributed by atoms with van der Waals surface area (Å²) in [7, 11) is -0.629. The van der Waals surface area contributed by atoms with Gasteiger partial charge in [0.15, 0.2) is 5.78 Å². The summed E-state index contributed by atoms with van der Waals surface area (Å²) >= 11 is 0. The van der Waals surface area contributed by atoms with Gasteiger partial charge in [-0.2, -0.15) is 0 Å². The first kappa shape index (κ1) is 18.7. The van der Waals surface area contributed by atoms with Crippen molar-refractivity contribution in [1.29, 1.82) is 0 Å². The van der Waals surface area contributed by atoms with Crippen molar-refractivity contribution in [1.82, 2.24) is 4.57 Å². The molecule has 0 aliphatic carbocycles. The van der Waals surface area contributed by atoms with Gasteiger partial charge in [0.25, 0.3) is 10.0 Å². The van der Waals surface area contributed by atoms with Crippen molar-refractivity contribution in [3.8, 4) is 5.75 Å². The molecule has 0 aliphatic rings. The van der Waals surface area contributed by atoms with E-state index >= 15 is 0 Å². The Hall–Kier alpha value is -3.06. The Balaban J connectivity index is 2.03. The van der Waals surface area contributed by atoms with E-state index < -0.39 is 10.0 Å². The molecule has 1 aromatic heterocycles. The molecule has 0 aliphatic heterocycles. The number of aromatic nitrogens is 1. The number of hydrogen-bond donors (Lipinski definition) is 0. The summed E-state index contributed by atoms with van der Waals surface area (Å²) < 4.78 is 34.4. The summed E-state index contributed by atoms with van der Waals surface area (Å²) in [5.74, 6) is 0.308. The van der Waals surface area contributed by atoms with Crippen LogP contribution in [0.25, 0.3) is 0 Å². The van der Waals surface area contributed by atoms with E-state index in [2.05, 4.69) is 0 Å². The predicted octanol–water partition coefficient (Wildman–Crippen LogP) is 3.11. The Labute approximate surface area is 158 Å². The molecule has 0 saturated carbocycles. The van der Waals surface area contributed by atoms with Crippen LogP contribution in [0, 0.1) is 0 Å². The van der Waals surface area contributed by atoms with Crippen LogP contribution in [-0.2, 0) is 17.1 Å². The van der Waals surface area contributed by atoms with Crippen molar-refractivity contribution in [2.45, 2.75) is 4.90 Å². The minimum atomic E-state index is -3.91. The number of carbonyl (C=O) groups excluding carboxylic acids is 1. The molecule has 0 spiro atoms. The molecule has 0 unspecified atom stereocenters. The fourth-order valence-electron chi connectivity index (χ4n) is 2.75. The summed E-state index contributed by atoms with van der Waals surface area (Å²) in [5.41, 5.74) is 0.832. The first-order chi connectivity index (χ1) is 12.9. The zero-order valence-corrected chi connectivity index (χ0v) is 15.9. The van der Waals surface area contributed by atoms with Gasteiger partial charge in [-0.3, -0.25) is 9.10 Å². The van der Waals surface area contributed by atoms with E-state index in [1.165, 1.54) is 19.2 Å². The first-order valence-electron chi connectivity index (χ1n) is 8.30. The SMILES string of the molecule is COc1ccc(N(CC(=O)c2cccn2C)S(=O)(=O)c2ccccc2)cc1. The van der Waals surface area contributed by atoms with Crippen LogP contribution in [0.5, 0.6) is 5.75 Å². The Morgan fingerprint density at radius 2 is 1.67 bits per heavy atom. The fraction of sp³-hybridized carbons (Fsp3) is 0.150. The third-order valence-electron chi connectivity index (χ3n) is 4.21. The number of Topliss-reactive ketones (excluding diaryl/α,β-unsaturated/α-hetero) is 1. The van der Waals surface area contributed by atoms with Crippen molar-refractivity contribution < 1.29 is 17.9 Å². The number of sulfonamides is 1. The molecule has 0 bridgehead atoms. The average Bonchev–Trinajstić information content (AvgIpc) is 3.12. The Bertz CT molecular complexity index is 1030. The number of aryl methyl sites for hydroxylation is 1. The number of anilines is 1. The number of hydrogen-bond acceptors (Lipinski definition) is 4. The second-order valence-corrected chi connectivity index (χ2v) is 7.81. The van der Waals surface area contributed by atoms with Gasteiger partial charge in [-0.1, -0.05) is 18.2 Å². The predicted molar refractivity (Wildman–Crippen MR) is 104 cm³/mol. The van der Waals surface area contributed by atoms with Crippen LogP contribution in [0.3, 0.4) is 0 Å². The van der Waals surface area contributed by atoms with Gasteiger partial charge in [0, 0.05) is 13.2 Å². The highest BCUT2D eigenvalue weighted by molar-refractivity contribution is 7.92. The Morgan fingerprint density at radius 3 is 2.22 bits per heavy atom. The molecular formula is C20H20N2O4S. The van der Waals surface area contributed by atoms with E-state index in [-0.39, 0.29) is 17.2 Å². The van der Waals surface area contributed by atoms with Crippen LogP contribution < -0.4 is 9.04 Å². The third-order valence-corrected chi connectivity index (χ3v) is 6.00. The van der Waals surface area contributed by atoms with Crippen molar-refractivity contribution >= 4 is 21.5 Å². The summed E-state index contributed by atoms with van der Waals surface area (Å²) in [6, 6.07) is 18.1. The summed E-state index contributed by atoms with van der Waals surface area (Å²) in [6.45, 7) is -0.304. The van der Waals surface area contributed by atoms with Crippen LogP contribution in [0.15, 0.2) is 77.8 Å². The maximum Gasteiger partial charge on any atom is 0.264 e. The van der Waals surface area contributed by atoms with Crippen LogP contribution in [0.4, 0.5) is 5.69 Å². The largest absolute Gasteiger partial charge is 0.497 e. The molecule has 0 radical (unpaired) electrons. The summed E-state index contributed by atoms with van der Waals surface area (Å²) in [6.07, 6.45) is 1.75. The van der Waals surface area contributed by atoms with E-state index in [1.807, 2.05) is 0 Å². The van der Waals surface area contributed by atoms with E-state index in [0.717, 1.165) is 4.31 Å². The highest BCUT2D eigenvalue weighted by atomic mass is 32.2. The summed E-state index contributed by atoms with van der Waals surface area (Å²) in [5, 5.41) is 0. The van der Waals surface area contributed by atoms with E-state index in [4.69, 9.17) is 4.74 Å². The van der Waals surface area contributed by atoms with E-state index in [0.29, 0.717) is 17.1 Å². The normalized spacial score (nSPS) is 11.2. The lowest BCUT2D eigenvalue weighted by Gasteiger charge is -2.24. The van der Waals surface area contributed by atoms with Crippen LogP contribution in [0.2, 0.25) is 0 Å². The average molecular weight is 384 g/mol. The monoisotopic (exact) mass is 384 g/mol. The molecule has 6 nitrogen and oxygen atoms in total. The second-order valence-electron chi connectivity index (χ2n) is 5.95. The number of ketones is 1. The standard InChI is InChI=1S/C20H20N2O4S/c1-21-14-6-9-19(21)20(23)15-22(16-10-12-17(26-2)13-11-16)27(24,25)18-7-4-3-5-8-18/h3-14H,15H2,1-2H3. The highest BCUT2D eigenvalue weighted by Crippen LogP contribution is 2.26. The lowest BCUT2D eigenvalue weighted by atomic mass is 10.2. The fourth-order valence-corrected chi connectivity index (χ4v) is 4.19. The molecule has 0 fully saturated rings. The van der Waals surface area contributed by atoms with Crippen LogP contribution >= 0.6 is 0 Å². The lowest BCUT2D eigenvalue weighted by Crippen LogP contribution is -2.36. The second kappa shape index (κ2) is 7.67. The van der Waals surface area contributed by atoms with Crippen molar-refractivity contribution in [2.24, 2.45) is 7.05 Å². The lowest BCUT2D eigenvalue weighted by molar-refractivity contribution is 0.0994. The number of benzene rings is 2. The topological polar surface area (TPSA) is 68.6 Å². The Morgan fingerprint density at radius 1 is 1.00 bits per heavy atom. The van der Waals surface area contributed by atoms with Gasteiger partial charge >= 0.3 is 0 Å². The van der Waals surface area contributed by atoms with Crippen LogP contribution in [0.1, 0.15) is 10.5 Å². The minimum absolute atomic E-state index is 0.125. The molecule has 1 heterocycles. The van der Waals surface area contributed by atoms with E-state index in [9.17, 15) is 13.2 Å². The number of ether oxygens (including phenoxy) is 1. The van der Waals surface area contributed by atoms with Gasteiger partial charge in [0.1, 0.15) is 5.75 Å². The van der Waals surface area contributed by atoms with Crippen molar-refractivity contribution in [2.75, 3.05) is 18.0 Å². The smallest absolute Gasteiger partial charge is 0.264 e. The summed E-state index contributed by atoms with van der Waals surface area (Å²) in [4.78, 5) is 12.9. The van der Waals surface area contributed by atoms with Gasteiger partial charge in [-0.15, -0.1) is 0 Å².